The lowest BCUT2D eigenvalue weighted by Gasteiger charge is -2.31. The van der Waals surface area contributed by atoms with Gasteiger partial charge in [0.1, 0.15) is 12.2 Å². The van der Waals surface area contributed by atoms with Gasteiger partial charge in [-0.25, -0.2) is 4.79 Å². The van der Waals surface area contributed by atoms with Crippen LogP contribution in [0.1, 0.15) is 42.1 Å². The van der Waals surface area contributed by atoms with Crippen molar-refractivity contribution >= 4 is 33.4 Å². The van der Waals surface area contributed by atoms with Gasteiger partial charge in [0.25, 0.3) is 0 Å². The van der Waals surface area contributed by atoms with Gasteiger partial charge >= 0.3 is 5.97 Å². The van der Waals surface area contributed by atoms with Crippen LogP contribution in [0.4, 0.5) is 0 Å². The summed E-state index contributed by atoms with van der Waals surface area (Å²) in [6.07, 6.45) is 2.23. The first-order valence-corrected chi connectivity index (χ1v) is 9.35. The van der Waals surface area contributed by atoms with Gasteiger partial charge in [-0.1, -0.05) is 6.92 Å². The van der Waals surface area contributed by atoms with Crippen molar-refractivity contribution < 1.29 is 14.3 Å². The first-order chi connectivity index (χ1) is 11.5. The van der Waals surface area contributed by atoms with Crippen LogP contribution in [0.15, 0.2) is 12.1 Å². The molecule has 1 fully saturated rings. The zero-order valence-corrected chi connectivity index (χ0v) is 15.3. The number of esters is 1. The highest BCUT2D eigenvalue weighted by Gasteiger charge is 2.24. The van der Waals surface area contributed by atoms with Gasteiger partial charge in [0.05, 0.1) is 16.8 Å². The smallest absolute Gasteiger partial charge is 0.355 e. The molecule has 6 heteroatoms. The van der Waals surface area contributed by atoms with Crippen molar-refractivity contribution in [2.45, 2.75) is 40.2 Å². The molecule has 0 radical (unpaired) electrons. The predicted octanol–water partition coefficient (Wildman–Crippen LogP) is 3.45. The van der Waals surface area contributed by atoms with Crippen molar-refractivity contribution in [1.82, 2.24) is 9.47 Å². The Bertz CT molecular complexity index is 762. The van der Waals surface area contributed by atoms with Crippen molar-refractivity contribution in [1.29, 1.82) is 0 Å². The molecule has 130 valence electrons. The number of rotatable bonds is 4. The lowest BCUT2D eigenvalue weighted by molar-refractivity contribution is -0.133. The van der Waals surface area contributed by atoms with E-state index in [1.165, 1.54) is 11.3 Å². The third kappa shape index (κ3) is 3.34. The molecule has 0 spiro atoms. The standard InChI is InChI=1S/C18H24N2O3S/c1-4-23-18(22)15-9-16-14(8-13(3)24-16)20(15)11-17(21)19-7-5-6-12(2)10-19/h8-9,12H,4-7,10-11H2,1-3H3. The van der Waals surface area contributed by atoms with E-state index in [4.69, 9.17) is 4.74 Å². The molecule has 0 N–H and O–H groups in total. The molecule has 0 aromatic carbocycles. The van der Waals surface area contributed by atoms with E-state index in [2.05, 4.69) is 6.92 Å². The summed E-state index contributed by atoms with van der Waals surface area (Å²) in [5.41, 5.74) is 1.41. The number of carbonyl (C=O) groups excluding carboxylic acids is 2. The summed E-state index contributed by atoms with van der Waals surface area (Å²) in [6, 6.07) is 3.88. The monoisotopic (exact) mass is 348 g/mol. The van der Waals surface area contributed by atoms with Crippen LogP contribution in [-0.4, -0.2) is 41.0 Å². The van der Waals surface area contributed by atoms with Crippen molar-refractivity contribution in [2.75, 3.05) is 19.7 Å². The number of likely N-dealkylation sites (tertiary alicyclic amines) is 1. The molecule has 24 heavy (non-hydrogen) atoms. The average molecular weight is 348 g/mol. The Morgan fingerprint density at radius 3 is 2.88 bits per heavy atom. The largest absolute Gasteiger partial charge is 0.461 e. The van der Waals surface area contributed by atoms with E-state index in [1.54, 1.807) is 18.3 Å². The van der Waals surface area contributed by atoms with E-state index < -0.39 is 0 Å². The van der Waals surface area contributed by atoms with Gasteiger partial charge in [-0.2, -0.15) is 0 Å². The predicted molar refractivity (Wildman–Crippen MR) is 95.5 cm³/mol. The van der Waals surface area contributed by atoms with Gasteiger partial charge < -0.3 is 14.2 Å². The van der Waals surface area contributed by atoms with E-state index in [1.807, 2.05) is 28.5 Å². The first kappa shape index (κ1) is 17.0. The number of nitrogens with zero attached hydrogens (tertiary/aromatic N) is 2. The molecule has 1 aliphatic rings. The zero-order valence-electron chi connectivity index (χ0n) is 14.5. The first-order valence-electron chi connectivity index (χ1n) is 8.54. The van der Waals surface area contributed by atoms with Crippen LogP contribution in [0.5, 0.6) is 0 Å². The minimum Gasteiger partial charge on any atom is -0.461 e. The quantitative estimate of drug-likeness (QED) is 0.795. The van der Waals surface area contributed by atoms with Gasteiger partial charge in [-0.05, 0) is 44.7 Å². The van der Waals surface area contributed by atoms with E-state index in [-0.39, 0.29) is 18.4 Å². The molecule has 1 amide bonds. The summed E-state index contributed by atoms with van der Waals surface area (Å²) in [5.74, 6) is 0.257. The summed E-state index contributed by atoms with van der Waals surface area (Å²) >= 11 is 1.63. The zero-order chi connectivity index (χ0) is 17.3. The molecule has 3 rings (SSSR count). The highest BCUT2D eigenvalue weighted by atomic mass is 32.1. The lowest BCUT2D eigenvalue weighted by Crippen LogP contribution is -2.41. The van der Waals surface area contributed by atoms with Crippen LogP contribution in [0.3, 0.4) is 0 Å². The van der Waals surface area contributed by atoms with E-state index >= 15 is 0 Å². The molecule has 1 aliphatic heterocycles. The Hall–Kier alpha value is -1.82. The van der Waals surface area contributed by atoms with Gasteiger partial charge in [0.15, 0.2) is 0 Å². The minimum absolute atomic E-state index is 0.0773. The lowest BCUT2D eigenvalue weighted by atomic mass is 10.0. The fourth-order valence-corrected chi connectivity index (χ4v) is 4.32. The summed E-state index contributed by atoms with van der Waals surface area (Å²) in [7, 11) is 0. The van der Waals surface area contributed by atoms with E-state index in [9.17, 15) is 9.59 Å². The highest BCUT2D eigenvalue weighted by molar-refractivity contribution is 7.19. The fourth-order valence-electron chi connectivity index (χ4n) is 3.36. The van der Waals surface area contributed by atoms with Crippen LogP contribution in [0.2, 0.25) is 0 Å². The Labute approximate surface area is 146 Å². The maximum atomic E-state index is 12.8. The third-order valence-electron chi connectivity index (χ3n) is 4.50. The molecule has 0 bridgehead atoms. The number of aromatic nitrogens is 1. The van der Waals surface area contributed by atoms with E-state index in [0.29, 0.717) is 18.2 Å². The minimum atomic E-state index is -0.363. The summed E-state index contributed by atoms with van der Waals surface area (Å²) < 4.78 is 8.00. The van der Waals surface area contributed by atoms with Crippen LogP contribution in [0.25, 0.3) is 10.2 Å². The number of amides is 1. The fraction of sp³-hybridized carbons (Fsp3) is 0.556. The van der Waals surface area contributed by atoms with Crippen LogP contribution < -0.4 is 0 Å². The number of hydrogen-bond acceptors (Lipinski definition) is 4. The van der Waals surface area contributed by atoms with Crippen molar-refractivity contribution in [3.63, 3.8) is 0 Å². The normalized spacial score (nSPS) is 18.1. The molecular weight excluding hydrogens is 324 g/mol. The maximum Gasteiger partial charge on any atom is 0.355 e. The molecule has 1 saturated heterocycles. The van der Waals surface area contributed by atoms with Crippen LogP contribution in [0, 0.1) is 12.8 Å². The number of aryl methyl sites for hydroxylation is 1. The number of fused-ring (bicyclic) bond motifs is 1. The topological polar surface area (TPSA) is 51.5 Å². The summed E-state index contributed by atoms with van der Waals surface area (Å²) in [5, 5.41) is 0. The second-order valence-electron chi connectivity index (χ2n) is 6.53. The number of thiophene rings is 1. The number of piperidine rings is 1. The molecule has 1 unspecified atom stereocenters. The SMILES string of the molecule is CCOC(=O)c1cc2sc(C)cc2n1CC(=O)N1CCCC(C)C1. The molecule has 2 aromatic rings. The second kappa shape index (κ2) is 6.97. The third-order valence-corrected chi connectivity index (χ3v) is 5.49. The Morgan fingerprint density at radius 1 is 1.38 bits per heavy atom. The number of hydrogen-bond donors (Lipinski definition) is 0. The Balaban J connectivity index is 1.89. The summed E-state index contributed by atoms with van der Waals surface area (Å²) in [4.78, 5) is 28.1. The number of ether oxygens (including phenoxy) is 1. The molecule has 1 atom stereocenters. The van der Waals surface area contributed by atoms with Crippen molar-refractivity contribution in [3.8, 4) is 0 Å². The molecule has 3 heterocycles. The molecule has 0 aliphatic carbocycles. The molecule has 2 aromatic heterocycles. The van der Waals surface area contributed by atoms with E-state index in [0.717, 1.165) is 29.7 Å². The summed E-state index contributed by atoms with van der Waals surface area (Å²) in [6.45, 7) is 8.14. The van der Waals surface area contributed by atoms with Gasteiger partial charge in [0, 0.05) is 18.0 Å². The Morgan fingerprint density at radius 2 is 2.17 bits per heavy atom. The molecule has 5 nitrogen and oxygen atoms in total. The van der Waals surface area contributed by atoms with Gasteiger partial charge in [-0.15, -0.1) is 11.3 Å². The second-order valence-corrected chi connectivity index (χ2v) is 7.82. The molecule has 0 saturated carbocycles. The van der Waals surface area contributed by atoms with Crippen LogP contribution >= 0.6 is 11.3 Å². The van der Waals surface area contributed by atoms with Crippen molar-refractivity contribution in [3.05, 3.63) is 22.7 Å². The Kier molecular flexibility index (Phi) is 4.94. The van der Waals surface area contributed by atoms with Gasteiger partial charge in [-0.3, -0.25) is 4.79 Å². The highest BCUT2D eigenvalue weighted by Crippen LogP contribution is 2.29. The molecular formula is C18H24N2O3S. The van der Waals surface area contributed by atoms with Gasteiger partial charge in [0.2, 0.25) is 5.91 Å². The maximum absolute atomic E-state index is 12.8. The number of carbonyl (C=O) groups is 2. The average Bonchev–Trinajstić information content (AvgIpc) is 3.05. The van der Waals surface area contributed by atoms with Crippen LogP contribution in [-0.2, 0) is 16.1 Å². The van der Waals surface area contributed by atoms with Crippen molar-refractivity contribution in [2.24, 2.45) is 5.92 Å².